The van der Waals surface area contributed by atoms with E-state index >= 15 is 0 Å². The Balaban J connectivity index is 1.43. The molecule has 0 unspecified atom stereocenters. The average molecular weight is 344 g/mol. The molecule has 0 radical (unpaired) electrons. The van der Waals surface area contributed by atoms with Crippen LogP contribution in [0.1, 0.15) is 56.3 Å². The summed E-state index contributed by atoms with van der Waals surface area (Å²) in [7, 11) is 0. The molecule has 1 aliphatic carbocycles. The van der Waals surface area contributed by atoms with Crippen molar-refractivity contribution in [2.24, 2.45) is 11.8 Å². The smallest absolute Gasteiger partial charge is 0.253 e. The standard InChI is InChI=1S/C21H32N2O2/c1-16(2)11-14-25-20-7-5-18(6-8-20)21(24)23-12-9-19(10-13-23)22-15-17-3-4-17/h5-8,16-17,19,22H,3-4,9-15H2,1-2H3. The van der Waals surface area contributed by atoms with Crippen LogP contribution < -0.4 is 10.1 Å². The second-order valence-corrected chi connectivity index (χ2v) is 7.97. The molecule has 0 atom stereocenters. The molecule has 1 aromatic rings. The second-order valence-electron chi connectivity index (χ2n) is 7.97. The summed E-state index contributed by atoms with van der Waals surface area (Å²) in [5, 5.41) is 3.66. The molecule has 2 fully saturated rings. The van der Waals surface area contributed by atoms with E-state index in [-0.39, 0.29) is 5.91 Å². The molecule has 4 nitrogen and oxygen atoms in total. The first kappa shape index (κ1) is 18.2. The molecule has 1 aliphatic heterocycles. The number of ether oxygens (including phenoxy) is 1. The van der Waals surface area contributed by atoms with Crippen molar-refractivity contribution < 1.29 is 9.53 Å². The molecule has 1 saturated heterocycles. The van der Waals surface area contributed by atoms with Gasteiger partial charge >= 0.3 is 0 Å². The molecule has 0 bridgehead atoms. The molecule has 1 amide bonds. The van der Waals surface area contributed by atoms with Crippen LogP contribution in [0.4, 0.5) is 0 Å². The molecule has 1 heterocycles. The van der Waals surface area contributed by atoms with Gasteiger partial charge in [0.05, 0.1) is 6.61 Å². The summed E-state index contributed by atoms with van der Waals surface area (Å²) in [6.07, 6.45) is 5.96. The van der Waals surface area contributed by atoms with Crippen LogP contribution >= 0.6 is 0 Å². The molecular formula is C21H32N2O2. The summed E-state index contributed by atoms with van der Waals surface area (Å²) < 4.78 is 5.73. The molecular weight excluding hydrogens is 312 g/mol. The summed E-state index contributed by atoms with van der Waals surface area (Å²) in [6.45, 7) is 7.98. The van der Waals surface area contributed by atoms with Gasteiger partial charge in [0.2, 0.25) is 0 Å². The lowest BCUT2D eigenvalue weighted by Crippen LogP contribution is -2.45. The van der Waals surface area contributed by atoms with E-state index in [0.717, 1.165) is 62.7 Å². The van der Waals surface area contributed by atoms with Crippen molar-refractivity contribution >= 4 is 5.91 Å². The number of carbonyl (C=O) groups is 1. The van der Waals surface area contributed by atoms with Crippen molar-refractivity contribution in [2.45, 2.75) is 52.0 Å². The van der Waals surface area contributed by atoms with Crippen LogP contribution in [0.3, 0.4) is 0 Å². The fourth-order valence-electron chi connectivity index (χ4n) is 3.23. The van der Waals surface area contributed by atoms with E-state index in [9.17, 15) is 4.79 Å². The largest absolute Gasteiger partial charge is 0.494 e. The van der Waals surface area contributed by atoms with Crippen LogP contribution in [-0.2, 0) is 0 Å². The van der Waals surface area contributed by atoms with Crippen molar-refractivity contribution in [2.75, 3.05) is 26.2 Å². The number of rotatable bonds is 8. The Morgan fingerprint density at radius 1 is 1.16 bits per heavy atom. The summed E-state index contributed by atoms with van der Waals surface area (Å²) in [5.74, 6) is 2.55. The molecule has 0 aromatic heterocycles. The predicted octanol–water partition coefficient (Wildman–Crippen LogP) is 3.72. The lowest BCUT2D eigenvalue weighted by atomic mass is 10.0. The fourth-order valence-corrected chi connectivity index (χ4v) is 3.23. The first-order chi connectivity index (χ1) is 12.1. The van der Waals surface area contributed by atoms with E-state index in [2.05, 4.69) is 19.2 Å². The SMILES string of the molecule is CC(C)CCOc1ccc(C(=O)N2CCC(NCC3CC3)CC2)cc1. The Kier molecular flexibility index (Phi) is 6.35. The van der Waals surface area contributed by atoms with Crippen LogP contribution in [0.5, 0.6) is 5.75 Å². The molecule has 3 rings (SSSR count). The van der Waals surface area contributed by atoms with Crippen molar-refractivity contribution in [3.05, 3.63) is 29.8 Å². The summed E-state index contributed by atoms with van der Waals surface area (Å²) in [5.41, 5.74) is 0.764. The number of amides is 1. The van der Waals surface area contributed by atoms with Gasteiger partial charge in [-0.1, -0.05) is 13.8 Å². The Morgan fingerprint density at radius 2 is 1.84 bits per heavy atom. The average Bonchev–Trinajstić information content (AvgIpc) is 3.45. The van der Waals surface area contributed by atoms with Gasteiger partial charge in [-0.05, 0) is 74.8 Å². The van der Waals surface area contributed by atoms with Gasteiger partial charge < -0.3 is 15.0 Å². The summed E-state index contributed by atoms with van der Waals surface area (Å²) in [4.78, 5) is 14.7. The van der Waals surface area contributed by atoms with E-state index in [1.165, 1.54) is 12.8 Å². The topological polar surface area (TPSA) is 41.6 Å². The minimum absolute atomic E-state index is 0.148. The zero-order chi connectivity index (χ0) is 17.6. The number of piperidine rings is 1. The Labute approximate surface area is 151 Å². The number of benzene rings is 1. The highest BCUT2D eigenvalue weighted by molar-refractivity contribution is 5.94. The number of carbonyl (C=O) groups excluding carboxylic acids is 1. The minimum atomic E-state index is 0.148. The van der Waals surface area contributed by atoms with Gasteiger partial charge in [-0.25, -0.2) is 0 Å². The van der Waals surface area contributed by atoms with Gasteiger partial charge in [-0.15, -0.1) is 0 Å². The van der Waals surface area contributed by atoms with Gasteiger partial charge in [0, 0.05) is 24.7 Å². The van der Waals surface area contributed by atoms with Crippen molar-refractivity contribution in [1.29, 1.82) is 0 Å². The number of hydrogen-bond acceptors (Lipinski definition) is 3. The number of hydrogen-bond donors (Lipinski definition) is 1. The zero-order valence-electron chi connectivity index (χ0n) is 15.7. The van der Waals surface area contributed by atoms with Gasteiger partial charge in [-0.3, -0.25) is 4.79 Å². The van der Waals surface area contributed by atoms with Crippen molar-refractivity contribution in [3.8, 4) is 5.75 Å². The summed E-state index contributed by atoms with van der Waals surface area (Å²) in [6, 6.07) is 8.20. The molecule has 4 heteroatoms. The molecule has 1 N–H and O–H groups in total. The van der Waals surface area contributed by atoms with E-state index in [1.54, 1.807) is 0 Å². The molecule has 25 heavy (non-hydrogen) atoms. The maximum absolute atomic E-state index is 12.7. The van der Waals surface area contributed by atoms with Crippen molar-refractivity contribution in [3.63, 3.8) is 0 Å². The molecule has 138 valence electrons. The van der Waals surface area contributed by atoms with Gasteiger partial charge in [0.1, 0.15) is 5.75 Å². The predicted molar refractivity (Wildman–Crippen MR) is 101 cm³/mol. The van der Waals surface area contributed by atoms with Crippen molar-refractivity contribution in [1.82, 2.24) is 10.2 Å². The van der Waals surface area contributed by atoms with E-state index in [1.807, 2.05) is 29.2 Å². The Morgan fingerprint density at radius 3 is 2.44 bits per heavy atom. The van der Waals surface area contributed by atoms with Gasteiger partial charge in [0.25, 0.3) is 5.91 Å². The van der Waals surface area contributed by atoms with E-state index in [4.69, 9.17) is 4.74 Å². The van der Waals surface area contributed by atoms with Crippen LogP contribution in [0.25, 0.3) is 0 Å². The first-order valence-corrected chi connectivity index (χ1v) is 9.87. The minimum Gasteiger partial charge on any atom is -0.494 e. The lowest BCUT2D eigenvalue weighted by molar-refractivity contribution is 0.0705. The highest BCUT2D eigenvalue weighted by Crippen LogP contribution is 2.28. The van der Waals surface area contributed by atoms with E-state index in [0.29, 0.717) is 12.0 Å². The number of likely N-dealkylation sites (tertiary alicyclic amines) is 1. The summed E-state index contributed by atoms with van der Waals surface area (Å²) >= 11 is 0. The fraction of sp³-hybridized carbons (Fsp3) is 0.667. The van der Waals surface area contributed by atoms with Crippen LogP contribution in [-0.4, -0.2) is 43.1 Å². The Hall–Kier alpha value is -1.55. The number of nitrogens with one attached hydrogen (secondary N) is 1. The second kappa shape index (κ2) is 8.70. The molecule has 1 saturated carbocycles. The highest BCUT2D eigenvalue weighted by atomic mass is 16.5. The quantitative estimate of drug-likeness (QED) is 0.781. The Bertz CT molecular complexity index is 544. The third kappa shape index (κ3) is 5.74. The first-order valence-electron chi connectivity index (χ1n) is 9.87. The maximum Gasteiger partial charge on any atom is 0.253 e. The number of nitrogens with zero attached hydrogens (tertiary/aromatic N) is 1. The van der Waals surface area contributed by atoms with E-state index < -0.39 is 0 Å². The highest BCUT2D eigenvalue weighted by Gasteiger charge is 2.26. The monoisotopic (exact) mass is 344 g/mol. The lowest BCUT2D eigenvalue weighted by Gasteiger charge is -2.32. The molecule has 2 aliphatic rings. The normalized spacial score (nSPS) is 18.6. The van der Waals surface area contributed by atoms with Gasteiger partial charge in [0.15, 0.2) is 0 Å². The van der Waals surface area contributed by atoms with Crippen LogP contribution in [0, 0.1) is 11.8 Å². The zero-order valence-corrected chi connectivity index (χ0v) is 15.7. The third-order valence-corrected chi connectivity index (χ3v) is 5.24. The van der Waals surface area contributed by atoms with Crippen LogP contribution in [0.15, 0.2) is 24.3 Å². The molecule has 0 spiro atoms. The van der Waals surface area contributed by atoms with Crippen LogP contribution in [0.2, 0.25) is 0 Å². The maximum atomic E-state index is 12.7. The molecule has 1 aromatic carbocycles. The van der Waals surface area contributed by atoms with Gasteiger partial charge in [-0.2, -0.15) is 0 Å². The third-order valence-electron chi connectivity index (χ3n) is 5.24.